The van der Waals surface area contributed by atoms with Gasteiger partial charge in [0, 0.05) is 29.7 Å². The molecule has 3 aromatic carbocycles. The number of nitrogens with one attached hydrogen (secondary N) is 1. The Labute approximate surface area is 178 Å². The summed E-state index contributed by atoms with van der Waals surface area (Å²) in [5.74, 6) is 1.50. The predicted molar refractivity (Wildman–Crippen MR) is 118 cm³/mol. The first-order valence-electron chi connectivity index (χ1n) is 9.64. The topological polar surface area (TPSA) is 81.9 Å². The van der Waals surface area contributed by atoms with Crippen LogP contribution in [0.4, 0.5) is 5.69 Å². The van der Waals surface area contributed by atoms with Crippen LogP contribution in [0.1, 0.15) is 10.4 Å². The van der Waals surface area contributed by atoms with E-state index in [-0.39, 0.29) is 5.91 Å². The number of imidazole rings is 1. The van der Waals surface area contributed by atoms with Gasteiger partial charge in [-0.15, -0.1) is 0 Å². The molecule has 7 nitrogen and oxygen atoms in total. The zero-order valence-electron chi connectivity index (χ0n) is 16.3. The van der Waals surface area contributed by atoms with E-state index in [9.17, 15) is 4.79 Å². The number of rotatable bonds is 5. The second kappa shape index (κ2) is 8.08. The summed E-state index contributed by atoms with van der Waals surface area (Å²) in [6, 6.07) is 22.4. The highest BCUT2D eigenvalue weighted by Crippen LogP contribution is 2.24. The van der Waals surface area contributed by atoms with E-state index >= 15 is 0 Å². The van der Waals surface area contributed by atoms with Crippen LogP contribution >= 0.6 is 0 Å². The molecule has 31 heavy (non-hydrogen) atoms. The Morgan fingerprint density at radius 3 is 2.61 bits per heavy atom. The standard InChI is InChI=1S/C24H17N5O2/c30-24(21-7-3-5-17-4-1-2-6-20(17)21)28-18-8-10-19(11-9-18)31-23-14-22(26-15-27-23)29-13-12-25-16-29/h1-16H,(H,28,30). The van der Waals surface area contributed by atoms with Gasteiger partial charge in [-0.05, 0) is 41.1 Å². The molecule has 0 saturated carbocycles. The van der Waals surface area contributed by atoms with Crippen molar-refractivity contribution in [2.75, 3.05) is 5.32 Å². The smallest absolute Gasteiger partial charge is 0.256 e. The Morgan fingerprint density at radius 1 is 0.935 bits per heavy atom. The summed E-state index contributed by atoms with van der Waals surface area (Å²) in [4.78, 5) is 25.2. The summed E-state index contributed by atoms with van der Waals surface area (Å²) in [7, 11) is 0. The fourth-order valence-electron chi connectivity index (χ4n) is 3.27. The number of hydrogen-bond acceptors (Lipinski definition) is 5. The monoisotopic (exact) mass is 407 g/mol. The van der Waals surface area contributed by atoms with Gasteiger partial charge in [0.05, 0.1) is 0 Å². The molecule has 1 N–H and O–H groups in total. The maximum atomic E-state index is 12.8. The maximum absolute atomic E-state index is 12.8. The van der Waals surface area contributed by atoms with Gasteiger partial charge in [0.15, 0.2) is 0 Å². The Bertz CT molecular complexity index is 1340. The SMILES string of the molecule is O=C(Nc1ccc(Oc2cc(-n3ccnc3)ncn2)cc1)c1cccc2ccccc12. The van der Waals surface area contributed by atoms with Gasteiger partial charge >= 0.3 is 0 Å². The highest BCUT2D eigenvalue weighted by molar-refractivity contribution is 6.12. The normalized spacial score (nSPS) is 10.7. The van der Waals surface area contributed by atoms with E-state index in [1.807, 2.05) is 42.5 Å². The first kappa shape index (κ1) is 18.5. The summed E-state index contributed by atoms with van der Waals surface area (Å²) in [6.07, 6.45) is 6.55. The van der Waals surface area contributed by atoms with Crippen LogP contribution in [-0.4, -0.2) is 25.4 Å². The zero-order chi connectivity index (χ0) is 21.0. The Kier molecular flexibility index (Phi) is 4.82. The third-order valence-electron chi connectivity index (χ3n) is 4.77. The first-order valence-corrected chi connectivity index (χ1v) is 9.64. The second-order valence-corrected chi connectivity index (χ2v) is 6.79. The summed E-state index contributed by atoms with van der Waals surface area (Å²) >= 11 is 0. The van der Waals surface area contributed by atoms with Crippen molar-refractivity contribution in [1.82, 2.24) is 19.5 Å². The van der Waals surface area contributed by atoms with E-state index in [0.29, 0.717) is 28.7 Å². The molecule has 150 valence electrons. The van der Waals surface area contributed by atoms with Gasteiger partial charge < -0.3 is 10.1 Å². The van der Waals surface area contributed by atoms with Crippen molar-refractivity contribution >= 4 is 22.4 Å². The minimum atomic E-state index is -0.161. The second-order valence-electron chi connectivity index (χ2n) is 6.79. The summed E-state index contributed by atoms with van der Waals surface area (Å²) in [5.41, 5.74) is 1.30. The van der Waals surface area contributed by atoms with E-state index < -0.39 is 0 Å². The Hall–Kier alpha value is -4.52. The molecule has 0 spiro atoms. The number of amides is 1. The molecule has 0 radical (unpaired) electrons. The van der Waals surface area contributed by atoms with E-state index in [1.165, 1.54) is 6.33 Å². The molecule has 5 rings (SSSR count). The largest absolute Gasteiger partial charge is 0.439 e. The van der Waals surface area contributed by atoms with Gasteiger partial charge in [-0.25, -0.2) is 15.0 Å². The van der Waals surface area contributed by atoms with Gasteiger partial charge in [-0.3, -0.25) is 9.36 Å². The molecule has 2 aromatic heterocycles. The highest BCUT2D eigenvalue weighted by atomic mass is 16.5. The molecule has 0 saturated heterocycles. The number of anilines is 1. The number of aromatic nitrogens is 4. The number of fused-ring (bicyclic) bond motifs is 1. The van der Waals surface area contributed by atoms with Crippen LogP contribution < -0.4 is 10.1 Å². The molecule has 0 fully saturated rings. The molecular formula is C24H17N5O2. The molecule has 0 aliphatic carbocycles. The van der Waals surface area contributed by atoms with Gasteiger partial charge in [0.1, 0.15) is 24.2 Å². The fraction of sp³-hybridized carbons (Fsp3) is 0. The van der Waals surface area contributed by atoms with Gasteiger partial charge in [0.2, 0.25) is 5.88 Å². The molecule has 0 atom stereocenters. The van der Waals surface area contributed by atoms with Crippen molar-refractivity contribution in [1.29, 1.82) is 0 Å². The van der Waals surface area contributed by atoms with Gasteiger partial charge in [-0.1, -0.05) is 36.4 Å². The lowest BCUT2D eigenvalue weighted by Crippen LogP contribution is -2.12. The average molecular weight is 407 g/mol. The summed E-state index contributed by atoms with van der Waals surface area (Å²) in [6.45, 7) is 0. The number of carbonyl (C=O) groups is 1. The van der Waals surface area contributed by atoms with E-state index in [0.717, 1.165) is 10.8 Å². The molecular weight excluding hydrogens is 390 g/mol. The molecule has 0 bridgehead atoms. The molecule has 2 heterocycles. The summed E-state index contributed by atoms with van der Waals surface area (Å²) in [5, 5.41) is 4.88. The van der Waals surface area contributed by atoms with Crippen LogP contribution in [0.5, 0.6) is 11.6 Å². The maximum Gasteiger partial charge on any atom is 0.256 e. The van der Waals surface area contributed by atoms with Crippen molar-refractivity contribution in [3.63, 3.8) is 0 Å². The van der Waals surface area contributed by atoms with E-state index in [2.05, 4.69) is 20.3 Å². The molecule has 1 amide bonds. The van der Waals surface area contributed by atoms with Crippen molar-refractivity contribution in [2.24, 2.45) is 0 Å². The molecule has 0 aliphatic heterocycles. The number of benzene rings is 3. The van der Waals surface area contributed by atoms with Gasteiger partial charge in [-0.2, -0.15) is 0 Å². The van der Waals surface area contributed by atoms with Crippen LogP contribution in [0.25, 0.3) is 16.6 Å². The van der Waals surface area contributed by atoms with Gasteiger partial charge in [0.25, 0.3) is 5.91 Å². The number of ether oxygens (including phenoxy) is 1. The fourth-order valence-corrected chi connectivity index (χ4v) is 3.27. The van der Waals surface area contributed by atoms with Crippen LogP contribution in [0.15, 0.2) is 97.8 Å². The minimum absolute atomic E-state index is 0.161. The van der Waals surface area contributed by atoms with Crippen LogP contribution in [-0.2, 0) is 0 Å². The third-order valence-corrected chi connectivity index (χ3v) is 4.77. The number of nitrogens with zero attached hydrogens (tertiary/aromatic N) is 4. The highest BCUT2D eigenvalue weighted by Gasteiger charge is 2.10. The van der Waals surface area contributed by atoms with Crippen LogP contribution in [0.3, 0.4) is 0 Å². The summed E-state index contributed by atoms with van der Waals surface area (Å²) < 4.78 is 7.59. The van der Waals surface area contributed by atoms with Crippen molar-refractivity contribution < 1.29 is 9.53 Å². The first-order chi connectivity index (χ1) is 15.3. The average Bonchev–Trinajstić information content (AvgIpc) is 3.35. The lowest BCUT2D eigenvalue weighted by Gasteiger charge is -2.10. The number of hydrogen-bond donors (Lipinski definition) is 1. The van der Waals surface area contributed by atoms with Crippen molar-refractivity contribution in [3.8, 4) is 17.4 Å². The van der Waals surface area contributed by atoms with Crippen molar-refractivity contribution in [3.05, 3.63) is 103 Å². The lowest BCUT2D eigenvalue weighted by molar-refractivity contribution is 0.102. The van der Waals surface area contributed by atoms with Crippen LogP contribution in [0.2, 0.25) is 0 Å². The van der Waals surface area contributed by atoms with Crippen LogP contribution in [0, 0.1) is 0 Å². The third kappa shape index (κ3) is 3.97. The van der Waals surface area contributed by atoms with E-state index in [1.54, 1.807) is 53.6 Å². The zero-order valence-corrected chi connectivity index (χ0v) is 16.3. The lowest BCUT2D eigenvalue weighted by atomic mass is 10.0. The Balaban J connectivity index is 1.30. The van der Waals surface area contributed by atoms with E-state index in [4.69, 9.17) is 4.74 Å². The molecule has 0 unspecified atom stereocenters. The molecule has 0 aliphatic rings. The number of carbonyl (C=O) groups excluding carboxylic acids is 1. The minimum Gasteiger partial charge on any atom is -0.439 e. The molecule has 7 heteroatoms. The predicted octanol–water partition coefficient (Wildman–Crippen LogP) is 4.86. The van der Waals surface area contributed by atoms with Crippen molar-refractivity contribution in [2.45, 2.75) is 0 Å². The molecule has 5 aromatic rings. The Morgan fingerprint density at radius 2 is 1.77 bits per heavy atom. The quantitative estimate of drug-likeness (QED) is 0.450.